The Labute approximate surface area is 427 Å². The van der Waals surface area contributed by atoms with Gasteiger partial charge in [-0.25, -0.2) is 4.79 Å². The first-order valence-electron chi connectivity index (χ1n) is 25.5. The van der Waals surface area contributed by atoms with Gasteiger partial charge in [-0.1, -0.05) is 58.3 Å². The fourth-order valence-electron chi connectivity index (χ4n) is 12.7. The van der Waals surface area contributed by atoms with Crippen molar-refractivity contribution in [1.29, 1.82) is 0 Å². The molecular formula is C48H96O25. The van der Waals surface area contributed by atoms with E-state index in [9.17, 15) is 127 Å². The Hall–Kier alpha value is -1.45. The van der Waals surface area contributed by atoms with E-state index in [0.717, 1.165) is 32.1 Å². The predicted molar refractivity (Wildman–Crippen MR) is 257 cm³/mol. The standard InChI is InChI=1S/C48H96O25/c1-2-3-4-5-6-7-8-9-10-31(11-32(59)21-49)43(12-33(60)22-50,13-34(61)23-51)44(14-35(62)24-52,15-36(63)25-53)45(16-37(64)26-54,17-38(65)27-55)46(18-39(66)28-56,19-40(67)29-57)47(71,20-41(68)30-58)48(72,73)42(69)70/h31-41,49-68,71-73H,2-30H2,1H3,(H,69,70). The molecule has 0 saturated heterocycles. The van der Waals surface area contributed by atoms with Gasteiger partial charge in [-0.2, -0.15) is 0 Å². The molecule has 0 heterocycles. The lowest BCUT2D eigenvalue weighted by atomic mass is 9.31. The summed E-state index contributed by atoms with van der Waals surface area (Å²) in [5, 5.41) is 275. The molecule has 25 nitrogen and oxygen atoms in total. The van der Waals surface area contributed by atoms with Crippen LogP contribution in [0.3, 0.4) is 0 Å². The number of aliphatic hydroxyl groups is 23. The molecule has 25 heteroatoms. The van der Waals surface area contributed by atoms with Crippen LogP contribution in [0.25, 0.3) is 0 Å². The first kappa shape index (κ1) is 71.5. The average molecular weight is 1070 g/mol. The molecule has 438 valence electrons. The van der Waals surface area contributed by atoms with Gasteiger partial charge in [0.2, 0.25) is 0 Å². The predicted octanol–water partition coefficient (Wildman–Crippen LogP) is -5.99. The van der Waals surface area contributed by atoms with Crippen molar-refractivity contribution >= 4 is 5.97 Å². The highest BCUT2D eigenvalue weighted by Gasteiger charge is 2.79. The molecule has 0 aliphatic carbocycles. The highest BCUT2D eigenvalue weighted by atomic mass is 16.6. The van der Waals surface area contributed by atoms with Crippen LogP contribution in [0.5, 0.6) is 0 Å². The number of aliphatic carboxylic acids is 1. The number of hydrogen-bond donors (Lipinski definition) is 24. The monoisotopic (exact) mass is 1070 g/mol. The van der Waals surface area contributed by atoms with E-state index in [1.54, 1.807) is 0 Å². The van der Waals surface area contributed by atoms with Gasteiger partial charge in [0.15, 0.2) is 0 Å². The van der Waals surface area contributed by atoms with Gasteiger partial charge in [0.1, 0.15) is 5.60 Å². The van der Waals surface area contributed by atoms with E-state index in [-0.39, 0.29) is 12.8 Å². The molecule has 0 spiro atoms. The lowest BCUT2D eigenvalue weighted by Gasteiger charge is -2.74. The SMILES string of the molecule is CCCCCCCCCCC(CC(O)CO)C(CC(O)CO)(CC(O)CO)C(CC(O)CO)(CC(O)CO)C(CC(O)CO)(CC(O)CO)C(CC(O)CO)(CC(O)CO)C(O)(CC(O)CO)C(O)(O)C(=O)O. The zero-order chi connectivity index (χ0) is 56.4. The van der Waals surface area contributed by atoms with Crippen LogP contribution in [0.4, 0.5) is 0 Å². The highest BCUT2D eigenvalue weighted by Crippen LogP contribution is 2.77. The number of rotatable bonds is 46. The normalized spacial score (nSPS) is 21.4. The fraction of sp³-hybridized carbons (Fsp3) is 0.979. The van der Waals surface area contributed by atoms with Gasteiger partial charge in [-0.3, -0.25) is 0 Å². The summed E-state index contributed by atoms with van der Waals surface area (Å²) >= 11 is 0. The number of unbranched alkanes of at least 4 members (excludes halogenated alkanes) is 7. The third-order valence-corrected chi connectivity index (χ3v) is 15.5. The molecule has 24 N–H and O–H groups in total. The van der Waals surface area contributed by atoms with Crippen LogP contribution in [-0.2, 0) is 4.79 Å². The molecular weight excluding hydrogens is 977 g/mol. The number of aliphatic hydroxyl groups excluding tert-OH is 20. The van der Waals surface area contributed by atoms with Gasteiger partial charge >= 0.3 is 5.97 Å². The zero-order valence-electron chi connectivity index (χ0n) is 42.5. The molecule has 0 fully saturated rings. The van der Waals surface area contributed by atoms with E-state index in [1.165, 1.54) is 0 Å². The molecule has 0 aromatic rings. The Kier molecular flexibility index (Phi) is 33.8. The summed E-state index contributed by atoms with van der Waals surface area (Å²) in [6.07, 6.45) is -30.6. The molecule has 0 amide bonds. The maximum atomic E-state index is 13.7. The second-order valence-electron chi connectivity index (χ2n) is 20.6. The van der Waals surface area contributed by atoms with Crippen molar-refractivity contribution in [3.63, 3.8) is 0 Å². The molecule has 0 aromatic heterocycles. The van der Waals surface area contributed by atoms with E-state index in [0.29, 0.717) is 12.8 Å². The zero-order valence-corrected chi connectivity index (χ0v) is 42.5. The van der Waals surface area contributed by atoms with Crippen molar-refractivity contribution in [2.24, 2.45) is 27.6 Å². The van der Waals surface area contributed by atoms with Crippen molar-refractivity contribution in [3.05, 3.63) is 0 Å². The van der Waals surface area contributed by atoms with Crippen LogP contribution in [0.1, 0.15) is 129 Å². The van der Waals surface area contributed by atoms with Gasteiger partial charge in [0.05, 0.1) is 127 Å². The third-order valence-electron chi connectivity index (χ3n) is 15.5. The Morgan fingerprint density at radius 1 is 0.356 bits per heavy atom. The van der Waals surface area contributed by atoms with Gasteiger partial charge in [-0.15, -0.1) is 0 Å². The molecule has 0 aromatic carbocycles. The minimum atomic E-state index is -4.81. The molecule has 0 aliphatic heterocycles. The van der Waals surface area contributed by atoms with Gasteiger partial charge in [0.25, 0.3) is 5.79 Å². The summed E-state index contributed by atoms with van der Waals surface area (Å²) in [5.74, 6) is -9.14. The lowest BCUT2D eigenvalue weighted by molar-refractivity contribution is -0.369. The third kappa shape index (κ3) is 18.3. The maximum Gasteiger partial charge on any atom is 0.367 e. The number of carbonyl (C=O) groups is 1. The van der Waals surface area contributed by atoms with Crippen molar-refractivity contribution in [2.45, 2.75) is 201 Å². The van der Waals surface area contributed by atoms with Crippen LogP contribution in [0.2, 0.25) is 0 Å². The number of hydrogen-bond acceptors (Lipinski definition) is 24. The van der Waals surface area contributed by atoms with Gasteiger partial charge < -0.3 is 123 Å². The Bertz CT molecular complexity index is 1400. The van der Waals surface area contributed by atoms with E-state index in [4.69, 9.17) is 0 Å². The summed E-state index contributed by atoms with van der Waals surface area (Å²) in [7, 11) is 0. The summed E-state index contributed by atoms with van der Waals surface area (Å²) in [6, 6.07) is 0. The Morgan fingerprint density at radius 3 is 0.945 bits per heavy atom. The lowest BCUT2D eigenvalue weighted by Crippen LogP contribution is -2.78. The van der Waals surface area contributed by atoms with Gasteiger partial charge in [0, 0.05) is 11.8 Å². The van der Waals surface area contributed by atoms with Crippen LogP contribution in [0, 0.1) is 27.6 Å². The van der Waals surface area contributed by atoms with E-state index >= 15 is 0 Å². The molecule has 12 atom stereocenters. The van der Waals surface area contributed by atoms with E-state index in [2.05, 4.69) is 0 Å². The second kappa shape index (κ2) is 34.4. The topological polar surface area (TPSA) is 503 Å². The first-order valence-corrected chi connectivity index (χ1v) is 25.5. The smallest absolute Gasteiger partial charge is 0.367 e. The molecule has 0 bridgehead atoms. The van der Waals surface area contributed by atoms with Crippen LogP contribution in [0.15, 0.2) is 0 Å². The largest absolute Gasteiger partial charge is 0.477 e. The first-order chi connectivity index (χ1) is 34.2. The molecule has 0 rings (SSSR count). The van der Waals surface area contributed by atoms with Crippen molar-refractivity contribution in [2.75, 3.05) is 66.1 Å². The van der Waals surface area contributed by atoms with Crippen molar-refractivity contribution in [3.8, 4) is 0 Å². The number of carboxylic acid groups (broad SMARTS) is 1. The Balaban J connectivity index is 11.1. The van der Waals surface area contributed by atoms with Crippen LogP contribution >= 0.6 is 0 Å². The molecule has 0 radical (unpaired) electrons. The van der Waals surface area contributed by atoms with Gasteiger partial charge in [-0.05, 0) is 86.4 Å². The fourth-order valence-corrected chi connectivity index (χ4v) is 12.7. The minimum Gasteiger partial charge on any atom is -0.477 e. The highest BCUT2D eigenvalue weighted by molar-refractivity contribution is 5.77. The molecule has 12 unspecified atom stereocenters. The summed E-state index contributed by atoms with van der Waals surface area (Å²) in [4.78, 5) is 13.4. The summed E-state index contributed by atoms with van der Waals surface area (Å²) in [6.45, 7) is -11.3. The van der Waals surface area contributed by atoms with Crippen LogP contribution in [-0.4, -0.2) is 267 Å². The average Bonchev–Trinajstić information content (AvgIpc) is 3.36. The van der Waals surface area contributed by atoms with Crippen molar-refractivity contribution in [1.82, 2.24) is 0 Å². The van der Waals surface area contributed by atoms with Crippen LogP contribution < -0.4 is 0 Å². The van der Waals surface area contributed by atoms with E-state index < -0.39 is 236 Å². The van der Waals surface area contributed by atoms with Crippen molar-refractivity contribution < 1.29 is 127 Å². The second-order valence-corrected chi connectivity index (χ2v) is 20.6. The number of carboxylic acids is 1. The maximum absolute atomic E-state index is 13.7. The molecule has 0 saturated carbocycles. The molecule has 0 aliphatic rings. The quantitative estimate of drug-likeness (QED) is 0.0199. The summed E-state index contributed by atoms with van der Waals surface area (Å²) in [5.41, 5.74) is -17.0. The summed E-state index contributed by atoms with van der Waals surface area (Å²) < 4.78 is 0. The minimum absolute atomic E-state index is 0.134. The Morgan fingerprint density at radius 2 is 0.630 bits per heavy atom. The molecule has 73 heavy (non-hydrogen) atoms. The van der Waals surface area contributed by atoms with E-state index in [1.807, 2.05) is 6.92 Å².